The van der Waals surface area contributed by atoms with E-state index >= 15 is 0 Å². The van der Waals surface area contributed by atoms with Crippen LogP contribution in [0.25, 0.3) is 0 Å². The van der Waals surface area contributed by atoms with Crippen LogP contribution < -0.4 is 5.32 Å². The van der Waals surface area contributed by atoms with Crippen molar-refractivity contribution in [2.45, 2.75) is 38.1 Å². The summed E-state index contributed by atoms with van der Waals surface area (Å²) in [5.41, 5.74) is 2.09. The highest BCUT2D eigenvalue weighted by Crippen LogP contribution is 2.29. The lowest BCUT2D eigenvalue weighted by Gasteiger charge is -2.14. The number of rotatable bonds is 4. The predicted molar refractivity (Wildman–Crippen MR) is 71.6 cm³/mol. The summed E-state index contributed by atoms with van der Waals surface area (Å²) in [4.78, 5) is 0. The summed E-state index contributed by atoms with van der Waals surface area (Å²) < 4.78 is 1.72. The largest absolute Gasteiger partial charge is 0.312 e. The molecule has 0 aliphatic heterocycles. The number of nitrogens with one attached hydrogen (secondary N) is 1. The molecular weight excluding hydrogens is 257 g/mol. The van der Waals surface area contributed by atoms with E-state index in [0.29, 0.717) is 11.3 Å². The molecule has 0 saturated heterocycles. The monoisotopic (exact) mass is 275 g/mol. The molecule has 96 valence electrons. The summed E-state index contributed by atoms with van der Waals surface area (Å²) in [6.07, 6.45) is 3.65. The van der Waals surface area contributed by atoms with Crippen LogP contribution in [0.2, 0.25) is 5.15 Å². The number of alkyl halides is 1. The number of hydrogen-bond acceptors (Lipinski definition) is 2. The Kier molecular flexibility index (Phi) is 4.34. The first kappa shape index (κ1) is 13.2. The van der Waals surface area contributed by atoms with Crippen LogP contribution in [0.1, 0.15) is 30.5 Å². The minimum atomic E-state index is 0.341. The molecule has 3 nitrogen and oxygen atoms in total. The fraction of sp³-hybridized carbons (Fsp3) is 0.750. The highest BCUT2D eigenvalue weighted by atomic mass is 35.5. The van der Waals surface area contributed by atoms with Crippen LogP contribution >= 0.6 is 23.2 Å². The summed E-state index contributed by atoms with van der Waals surface area (Å²) in [6.45, 7) is 3.74. The Bertz CT molecular complexity index is 389. The zero-order valence-corrected chi connectivity index (χ0v) is 11.9. The van der Waals surface area contributed by atoms with Gasteiger partial charge >= 0.3 is 0 Å². The maximum absolute atomic E-state index is 6.24. The third-order valence-electron chi connectivity index (χ3n) is 3.54. The fourth-order valence-electron chi connectivity index (χ4n) is 2.48. The number of hydrogen-bond donors (Lipinski definition) is 1. The first-order valence-electron chi connectivity index (χ1n) is 6.12. The van der Waals surface area contributed by atoms with Gasteiger partial charge in [-0.25, -0.2) is 0 Å². The van der Waals surface area contributed by atoms with Gasteiger partial charge in [-0.2, -0.15) is 5.10 Å². The molecule has 2 unspecified atom stereocenters. The molecule has 17 heavy (non-hydrogen) atoms. The van der Waals surface area contributed by atoms with Crippen molar-refractivity contribution in [2.24, 2.45) is 13.0 Å². The van der Waals surface area contributed by atoms with E-state index < -0.39 is 0 Å². The normalized spacial score (nSPS) is 24.5. The van der Waals surface area contributed by atoms with Crippen molar-refractivity contribution in [3.63, 3.8) is 0 Å². The van der Waals surface area contributed by atoms with Crippen LogP contribution in [0.4, 0.5) is 0 Å². The Hall–Kier alpha value is -0.250. The van der Waals surface area contributed by atoms with Crippen LogP contribution in [0, 0.1) is 12.8 Å². The quantitative estimate of drug-likeness (QED) is 0.857. The smallest absolute Gasteiger partial charge is 0.131 e. The van der Waals surface area contributed by atoms with Crippen LogP contribution in [0.15, 0.2) is 0 Å². The molecule has 0 amide bonds. The number of aryl methyl sites for hydroxylation is 2. The van der Waals surface area contributed by atoms with Crippen molar-refractivity contribution in [1.29, 1.82) is 0 Å². The Balaban J connectivity index is 1.85. The van der Waals surface area contributed by atoms with Gasteiger partial charge < -0.3 is 5.32 Å². The van der Waals surface area contributed by atoms with Crippen molar-refractivity contribution in [1.82, 2.24) is 15.1 Å². The zero-order chi connectivity index (χ0) is 12.4. The standard InChI is InChI=1S/C12H19Cl2N3/c1-8-10(12(14)17(2)16-8)7-15-6-9-4-3-5-11(9)13/h9,11,15H,3-7H2,1-2H3. The summed E-state index contributed by atoms with van der Waals surface area (Å²) in [7, 11) is 1.87. The fourth-order valence-corrected chi connectivity index (χ4v) is 3.09. The molecule has 0 spiro atoms. The van der Waals surface area contributed by atoms with Crippen molar-refractivity contribution < 1.29 is 0 Å². The maximum atomic E-state index is 6.24. The number of aromatic nitrogens is 2. The van der Waals surface area contributed by atoms with E-state index in [1.54, 1.807) is 4.68 Å². The van der Waals surface area contributed by atoms with Gasteiger partial charge in [0.15, 0.2) is 0 Å². The molecule has 1 aliphatic rings. The molecule has 0 radical (unpaired) electrons. The van der Waals surface area contributed by atoms with Gasteiger partial charge in [-0.1, -0.05) is 18.0 Å². The summed E-state index contributed by atoms with van der Waals surface area (Å²) >= 11 is 12.4. The van der Waals surface area contributed by atoms with Crippen LogP contribution in [0.5, 0.6) is 0 Å². The molecule has 1 aliphatic carbocycles. The van der Waals surface area contributed by atoms with Gasteiger partial charge in [0.05, 0.1) is 5.69 Å². The van der Waals surface area contributed by atoms with E-state index in [0.717, 1.165) is 35.9 Å². The molecule has 0 bridgehead atoms. The van der Waals surface area contributed by atoms with E-state index in [9.17, 15) is 0 Å². The molecule has 1 heterocycles. The Morgan fingerprint density at radius 2 is 2.24 bits per heavy atom. The number of nitrogens with zero attached hydrogens (tertiary/aromatic N) is 2. The van der Waals surface area contributed by atoms with Crippen molar-refractivity contribution in [3.8, 4) is 0 Å². The van der Waals surface area contributed by atoms with Gasteiger partial charge in [0, 0.05) is 24.5 Å². The highest BCUT2D eigenvalue weighted by molar-refractivity contribution is 6.30. The van der Waals surface area contributed by atoms with E-state index in [2.05, 4.69) is 10.4 Å². The van der Waals surface area contributed by atoms with E-state index in [4.69, 9.17) is 23.2 Å². The van der Waals surface area contributed by atoms with Crippen LogP contribution in [-0.2, 0) is 13.6 Å². The SMILES string of the molecule is Cc1nn(C)c(Cl)c1CNCC1CCCC1Cl. The average Bonchev–Trinajstić information content (AvgIpc) is 2.78. The predicted octanol–water partition coefficient (Wildman–Crippen LogP) is 2.88. The van der Waals surface area contributed by atoms with Crippen molar-refractivity contribution in [2.75, 3.05) is 6.54 Å². The molecule has 1 N–H and O–H groups in total. The molecule has 2 atom stereocenters. The lowest BCUT2D eigenvalue weighted by atomic mass is 10.1. The minimum absolute atomic E-state index is 0.341. The Morgan fingerprint density at radius 3 is 2.76 bits per heavy atom. The third-order valence-corrected chi connectivity index (χ3v) is 4.59. The molecule has 1 aromatic heterocycles. The zero-order valence-electron chi connectivity index (χ0n) is 10.3. The summed E-state index contributed by atoms with van der Waals surface area (Å²) in [5.74, 6) is 0.604. The lowest BCUT2D eigenvalue weighted by Crippen LogP contribution is -2.25. The Labute approximate surface area is 112 Å². The highest BCUT2D eigenvalue weighted by Gasteiger charge is 2.24. The van der Waals surface area contributed by atoms with Gasteiger partial charge in [0.25, 0.3) is 0 Å². The third kappa shape index (κ3) is 2.95. The Morgan fingerprint density at radius 1 is 1.47 bits per heavy atom. The van der Waals surface area contributed by atoms with Gasteiger partial charge in [-0.3, -0.25) is 4.68 Å². The van der Waals surface area contributed by atoms with E-state index in [-0.39, 0.29) is 0 Å². The number of halogens is 2. The van der Waals surface area contributed by atoms with E-state index in [1.165, 1.54) is 12.8 Å². The van der Waals surface area contributed by atoms with Gasteiger partial charge in [-0.05, 0) is 32.2 Å². The van der Waals surface area contributed by atoms with Crippen molar-refractivity contribution in [3.05, 3.63) is 16.4 Å². The second kappa shape index (κ2) is 5.59. The van der Waals surface area contributed by atoms with Gasteiger partial charge in [0.1, 0.15) is 5.15 Å². The summed E-state index contributed by atoms with van der Waals surface area (Å²) in [6, 6.07) is 0. The molecule has 0 aromatic carbocycles. The first-order chi connectivity index (χ1) is 8.09. The second-order valence-corrected chi connectivity index (χ2v) is 5.73. The lowest BCUT2D eigenvalue weighted by molar-refractivity contribution is 0.493. The maximum Gasteiger partial charge on any atom is 0.131 e. The van der Waals surface area contributed by atoms with Crippen molar-refractivity contribution >= 4 is 23.2 Å². The van der Waals surface area contributed by atoms with E-state index in [1.807, 2.05) is 14.0 Å². The summed E-state index contributed by atoms with van der Waals surface area (Å²) in [5, 5.41) is 8.81. The van der Waals surface area contributed by atoms with Gasteiger partial charge in [-0.15, -0.1) is 11.6 Å². The minimum Gasteiger partial charge on any atom is -0.312 e. The second-order valence-electron chi connectivity index (χ2n) is 4.82. The average molecular weight is 276 g/mol. The molecular formula is C12H19Cl2N3. The molecule has 5 heteroatoms. The molecule has 2 rings (SSSR count). The topological polar surface area (TPSA) is 29.9 Å². The van der Waals surface area contributed by atoms with Crippen LogP contribution in [-0.4, -0.2) is 21.7 Å². The van der Waals surface area contributed by atoms with Gasteiger partial charge in [0.2, 0.25) is 0 Å². The first-order valence-corrected chi connectivity index (χ1v) is 6.93. The molecule has 1 fully saturated rings. The van der Waals surface area contributed by atoms with Crippen LogP contribution in [0.3, 0.4) is 0 Å². The molecule has 1 saturated carbocycles. The molecule has 1 aromatic rings.